The summed E-state index contributed by atoms with van der Waals surface area (Å²) < 4.78 is 0. The maximum absolute atomic E-state index is 12.0. The van der Waals surface area contributed by atoms with Gasteiger partial charge in [-0.25, -0.2) is 0 Å². The number of H-pyrrole nitrogens is 1. The molecule has 116 valence electrons. The Bertz CT molecular complexity index is 524. The molecule has 0 unspecified atom stereocenters. The predicted molar refractivity (Wildman–Crippen MR) is 83.4 cm³/mol. The standard InChI is InChI=1S/C16H25N3O2/c1-12(2)10-19-8-4-5-13(11-19)9-18-16(21)14-6-3-7-17-15(14)20/h3,6-7,12-13H,4-5,8-11H2,1-2H3,(H,17,20)(H,18,21)/t13-/m0/s1. The number of pyridine rings is 1. The van der Waals surface area contributed by atoms with Crippen LogP contribution in [0.25, 0.3) is 0 Å². The summed E-state index contributed by atoms with van der Waals surface area (Å²) in [5.74, 6) is 0.864. The second kappa shape index (κ2) is 7.41. The SMILES string of the molecule is CC(C)CN1CCC[C@@H](CNC(=O)c2ccc[nH]c2=O)C1. The number of aromatic nitrogens is 1. The Morgan fingerprint density at radius 2 is 2.33 bits per heavy atom. The molecule has 1 saturated heterocycles. The van der Waals surface area contributed by atoms with Crippen LogP contribution in [0, 0.1) is 11.8 Å². The van der Waals surface area contributed by atoms with Crippen molar-refractivity contribution >= 4 is 5.91 Å². The van der Waals surface area contributed by atoms with Crippen molar-refractivity contribution in [2.24, 2.45) is 11.8 Å². The van der Waals surface area contributed by atoms with Crippen molar-refractivity contribution in [3.05, 3.63) is 34.2 Å². The fraction of sp³-hybridized carbons (Fsp3) is 0.625. The largest absolute Gasteiger partial charge is 0.352 e. The number of carbonyl (C=O) groups is 1. The zero-order valence-corrected chi connectivity index (χ0v) is 12.9. The van der Waals surface area contributed by atoms with E-state index in [2.05, 4.69) is 29.0 Å². The molecule has 1 fully saturated rings. The number of aromatic amines is 1. The van der Waals surface area contributed by atoms with E-state index in [0.29, 0.717) is 18.4 Å². The molecule has 0 aliphatic carbocycles. The van der Waals surface area contributed by atoms with Crippen LogP contribution in [0.5, 0.6) is 0 Å². The minimum absolute atomic E-state index is 0.187. The maximum atomic E-state index is 12.0. The molecule has 0 saturated carbocycles. The quantitative estimate of drug-likeness (QED) is 0.863. The molecule has 1 aliphatic heterocycles. The van der Waals surface area contributed by atoms with E-state index in [1.165, 1.54) is 12.6 Å². The summed E-state index contributed by atoms with van der Waals surface area (Å²) in [7, 11) is 0. The van der Waals surface area contributed by atoms with Crippen LogP contribution in [-0.2, 0) is 0 Å². The first-order chi connectivity index (χ1) is 10.1. The number of amides is 1. The molecule has 2 N–H and O–H groups in total. The minimum Gasteiger partial charge on any atom is -0.352 e. The fourth-order valence-electron chi connectivity index (χ4n) is 2.93. The van der Waals surface area contributed by atoms with E-state index < -0.39 is 0 Å². The van der Waals surface area contributed by atoms with E-state index in [-0.39, 0.29) is 17.0 Å². The molecule has 21 heavy (non-hydrogen) atoms. The number of hydrogen-bond acceptors (Lipinski definition) is 3. The third-order valence-corrected chi connectivity index (χ3v) is 3.84. The van der Waals surface area contributed by atoms with E-state index in [1.807, 2.05) is 0 Å². The highest BCUT2D eigenvalue weighted by Gasteiger charge is 2.21. The first kappa shape index (κ1) is 15.8. The molecule has 1 amide bonds. The fourth-order valence-corrected chi connectivity index (χ4v) is 2.93. The van der Waals surface area contributed by atoms with Crippen molar-refractivity contribution in [3.8, 4) is 0 Å². The van der Waals surface area contributed by atoms with Crippen LogP contribution in [-0.4, -0.2) is 42.0 Å². The van der Waals surface area contributed by atoms with E-state index in [0.717, 1.165) is 26.1 Å². The van der Waals surface area contributed by atoms with Gasteiger partial charge in [0, 0.05) is 25.8 Å². The third kappa shape index (κ3) is 4.70. The first-order valence-electron chi connectivity index (χ1n) is 7.74. The average molecular weight is 291 g/mol. The highest BCUT2D eigenvalue weighted by Crippen LogP contribution is 2.16. The molecule has 0 aromatic carbocycles. The molecule has 1 atom stereocenters. The Morgan fingerprint density at radius 1 is 1.52 bits per heavy atom. The van der Waals surface area contributed by atoms with Gasteiger partial charge in [-0.3, -0.25) is 9.59 Å². The molecule has 5 nitrogen and oxygen atoms in total. The van der Waals surface area contributed by atoms with Gasteiger partial charge in [0.25, 0.3) is 11.5 Å². The van der Waals surface area contributed by atoms with Gasteiger partial charge in [-0.05, 0) is 43.4 Å². The lowest BCUT2D eigenvalue weighted by molar-refractivity contribution is 0.0927. The first-order valence-corrected chi connectivity index (χ1v) is 7.74. The Morgan fingerprint density at radius 3 is 3.05 bits per heavy atom. The number of likely N-dealkylation sites (tertiary alicyclic amines) is 1. The summed E-state index contributed by atoms with van der Waals surface area (Å²) in [6.07, 6.45) is 3.85. The van der Waals surface area contributed by atoms with Crippen LogP contribution in [0.1, 0.15) is 37.0 Å². The summed E-state index contributed by atoms with van der Waals surface area (Å²) >= 11 is 0. The smallest absolute Gasteiger partial charge is 0.260 e. The van der Waals surface area contributed by atoms with Gasteiger partial charge in [-0.15, -0.1) is 0 Å². The van der Waals surface area contributed by atoms with E-state index in [4.69, 9.17) is 0 Å². The van der Waals surface area contributed by atoms with Gasteiger partial charge in [0.15, 0.2) is 0 Å². The summed E-state index contributed by atoms with van der Waals surface area (Å²) in [4.78, 5) is 28.6. The Labute approximate surface area is 125 Å². The van der Waals surface area contributed by atoms with Gasteiger partial charge in [-0.1, -0.05) is 13.8 Å². The predicted octanol–water partition coefficient (Wildman–Crippen LogP) is 1.47. The van der Waals surface area contributed by atoms with Crippen molar-refractivity contribution in [3.63, 3.8) is 0 Å². The van der Waals surface area contributed by atoms with Gasteiger partial charge < -0.3 is 15.2 Å². The summed E-state index contributed by atoms with van der Waals surface area (Å²) in [6, 6.07) is 3.22. The summed E-state index contributed by atoms with van der Waals surface area (Å²) in [5.41, 5.74) is -0.146. The van der Waals surface area contributed by atoms with Crippen LogP contribution in [0.4, 0.5) is 0 Å². The maximum Gasteiger partial charge on any atom is 0.260 e. The molecule has 0 spiro atoms. The molecule has 5 heteroatoms. The number of carbonyl (C=O) groups excluding carboxylic acids is 1. The molecule has 1 aliphatic rings. The van der Waals surface area contributed by atoms with Gasteiger partial charge in [0.05, 0.1) is 0 Å². The van der Waals surface area contributed by atoms with Crippen molar-refractivity contribution in [2.75, 3.05) is 26.2 Å². The van der Waals surface area contributed by atoms with Crippen molar-refractivity contribution in [1.29, 1.82) is 0 Å². The van der Waals surface area contributed by atoms with Crippen LogP contribution in [0.2, 0.25) is 0 Å². The Kier molecular flexibility index (Phi) is 5.56. The van der Waals surface area contributed by atoms with Crippen LogP contribution < -0.4 is 10.9 Å². The number of hydrogen-bond donors (Lipinski definition) is 2. The molecule has 0 bridgehead atoms. The molecule has 0 radical (unpaired) electrons. The lowest BCUT2D eigenvalue weighted by Crippen LogP contribution is -2.42. The van der Waals surface area contributed by atoms with Gasteiger partial charge >= 0.3 is 0 Å². The number of nitrogens with zero attached hydrogens (tertiary/aromatic N) is 1. The molecule has 1 aromatic heterocycles. The molecule has 1 aromatic rings. The lowest BCUT2D eigenvalue weighted by atomic mass is 9.97. The number of nitrogens with one attached hydrogen (secondary N) is 2. The van der Waals surface area contributed by atoms with Gasteiger partial charge in [0.1, 0.15) is 5.56 Å². The van der Waals surface area contributed by atoms with Crippen molar-refractivity contribution < 1.29 is 4.79 Å². The number of piperidine rings is 1. The lowest BCUT2D eigenvalue weighted by Gasteiger charge is -2.33. The van der Waals surface area contributed by atoms with Crippen LogP contribution in [0.15, 0.2) is 23.1 Å². The highest BCUT2D eigenvalue weighted by molar-refractivity contribution is 5.93. The monoisotopic (exact) mass is 291 g/mol. The van der Waals surface area contributed by atoms with Crippen molar-refractivity contribution in [1.82, 2.24) is 15.2 Å². The minimum atomic E-state index is -0.333. The second-order valence-electron chi connectivity index (χ2n) is 6.28. The van der Waals surface area contributed by atoms with E-state index in [1.54, 1.807) is 12.1 Å². The average Bonchev–Trinajstić information content (AvgIpc) is 2.45. The second-order valence-corrected chi connectivity index (χ2v) is 6.28. The van der Waals surface area contributed by atoms with Crippen LogP contribution in [0.3, 0.4) is 0 Å². The van der Waals surface area contributed by atoms with E-state index >= 15 is 0 Å². The van der Waals surface area contributed by atoms with Gasteiger partial charge in [0.2, 0.25) is 0 Å². The summed E-state index contributed by atoms with van der Waals surface area (Å²) in [6.45, 7) is 8.40. The third-order valence-electron chi connectivity index (χ3n) is 3.84. The Hall–Kier alpha value is -1.62. The normalized spacial score (nSPS) is 19.7. The van der Waals surface area contributed by atoms with Gasteiger partial charge in [-0.2, -0.15) is 0 Å². The zero-order valence-electron chi connectivity index (χ0n) is 12.9. The highest BCUT2D eigenvalue weighted by atomic mass is 16.2. The molecule has 2 rings (SSSR count). The molecule has 2 heterocycles. The molecular formula is C16H25N3O2. The van der Waals surface area contributed by atoms with Crippen molar-refractivity contribution in [2.45, 2.75) is 26.7 Å². The Balaban J connectivity index is 1.84. The van der Waals surface area contributed by atoms with E-state index in [9.17, 15) is 9.59 Å². The summed E-state index contributed by atoms with van der Waals surface area (Å²) in [5, 5.41) is 2.90. The van der Waals surface area contributed by atoms with Crippen LogP contribution >= 0.6 is 0 Å². The molecular weight excluding hydrogens is 266 g/mol. The topological polar surface area (TPSA) is 65.2 Å². The zero-order chi connectivity index (χ0) is 15.2. The number of rotatable bonds is 5.